The molecule has 1 amide bonds. The molecule has 0 aliphatic carbocycles. The lowest BCUT2D eigenvalue weighted by Gasteiger charge is -2.03. The van der Waals surface area contributed by atoms with Crippen LogP contribution in [0.1, 0.15) is 21.7 Å². The summed E-state index contributed by atoms with van der Waals surface area (Å²) in [7, 11) is 1.40. The molecule has 0 fully saturated rings. The number of aryl methyl sites for hydroxylation is 2. The van der Waals surface area contributed by atoms with Crippen LogP contribution in [0, 0.1) is 6.92 Å². The summed E-state index contributed by atoms with van der Waals surface area (Å²) in [6.07, 6.45) is -1.63. The summed E-state index contributed by atoms with van der Waals surface area (Å²) in [4.78, 5) is 20.3. The van der Waals surface area contributed by atoms with Crippen LogP contribution in [-0.2, 0) is 13.2 Å². The van der Waals surface area contributed by atoms with Crippen molar-refractivity contribution in [1.29, 1.82) is 0 Å². The number of aromatic nitrogens is 4. The SMILES string of the molecule is Cc1cccnc1C(=O)Nc1cnc(-c2cc(C(F)(F)F)nn2C)s1. The van der Waals surface area contributed by atoms with Gasteiger partial charge in [0, 0.05) is 13.2 Å². The van der Waals surface area contributed by atoms with E-state index in [2.05, 4.69) is 20.4 Å². The second-order valence-corrected chi connectivity index (χ2v) is 6.22. The Morgan fingerprint density at radius 1 is 1.32 bits per heavy atom. The Kier molecular flexibility index (Phi) is 4.29. The minimum Gasteiger partial charge on any atom is -0.311 e. The van der Waals surface area contributed by atoms with Gasteiger partial charge in [-0.2, -0.15) is 18.3 Å². The zero-order valence-corrected chi connectivity index (χ0v) is 13.9. The van der Waals surface area contributed by atoms with Crippen molar-refractivity contribution in [2.45, 2.75) is 13.1 Å². The number of rotatable bonds is 3. The van der Waals surface area contributed by atoms with Crippen molar-refractivity contribution in [2.75, 3.05) is 5.32 Å². The van der Waals surface area contributed by atoms with Crippen LogP contribution in [-0.4, -0.2) is 25.7 Å². The van der Waals surface area contributed by atoms with Crippen LogP contribution in [0.5, 0.6) is 0 Å². The lowest BCUT2D eigenvalue weighted by Crippen LogP contribution is -2.14. The minimum absolute atomic E-state index is 0.215. The Morgan fingerprint density at radius 2 is 2.08 bits per heavy atom. The van der Waals surface area contributed by atoms with Crippen molar-refractivity contribution in [3.8, 4) is 10.7 Å². The summed E-state index contributed by atoms with van der Waals surface area (Å²) in [5, 5.41) is 6.82. The average Bonchev–Trinajstić information content (AvgIpc) is 3.13. The summed E-state index contributed by atoms with van der Waals surface area (Å²) in [5.41, 5.74) is 0.213. The molecule has 0 bridgehead atoms. The van der Waals surface area contributed by atoms with Crippen molar-refractivity contribution in [1.82, 2.24) is 19.7 Å². The monoisotopic (exact) mass is 367 g/mol. The fraction of sp³-hybridized carbons (Fsp3) is 0.200. The number of hydrogen-bond acceptors (Lipinski definition) is 5. The van der Waals surface area contributed by atoms with Crippen LogP contribution in [0.15, 0.2) is 30.6 Å². The number of hydrogen-bond donors (Lipinski definition) is 1. The molecule has 0 radical (unpaired) electrons. The topological polar surface area (TPSA) is 72.7 Å². The maximum atomic E-state index is 12.7. The molecule has 3 aromatic heterocycles. The molecule has 0 unspecified atom stereocenters. The van der Waals surface area contributed by atoms with Gasteiger partial charge in [0.15, 0.2) is 5.69 Å². The minimum atomic E-state index is -4.53. The quantitative estimate of drug-likeness (QED) is 0.769. The Bertz CT molecular complexity index is 931. The predicted octanol–water partition coefficient (Wildman–Crippen LogP) is 3.52. The van der Waals surface area contributed by atoms with E-state index in [9.17, 15) is 18.0 Å². The van der Waals surface area contributed by atoms with Gasteiger partial charge in [0.1, 0.15) is 15.7 Å². The van der Waals surface area contributed by atoms with Crippen LogP contribution in [0.25, 0.3) is 10.7 Å². The van der Waals surface area contributed by atoms with Gasteiger partial charge in [-0.1, -0.05) is 17.4 Å². The van der Waals surface area contributed by atoms with E-state index in [0.29, 0.717) is 15.6 Å². The number of nitrogens with zero attached hydrogens (tertiary/aromatic N) is 4. The number of amides is 1. The fourth-order valence-electron chi connectivity index (χ4n) is 2.15. The van der Waals surface area contributed by atoms with E-state index in [1.54, 1.807) is 19.1 Å². The van der Waals surface area contributed by atoms with Gasteiger partial charge in [0.05, 0.1) is 11.9 Å². The average molecular weight is 367 g/mol. The van der Waals surface area contributed by atoms with Crippen molar-refractivity contribution in [2.24, 2.45) is 7.05 Å². The highest BCUT2D eigenvalue weighted by molar-refractivity contribution is 7.19. The number of halogens is 3. The molecular formula is C15H12F3N5OS. The first-order valence-electron chi connectivity index (χ1n) is 7.06. The third kappa shape index (κ3) is 3.53. The van der Waals surface area contributed by atoms with Crippen molar-refractivity contribution >= 4 is 22.2 Å². The maximum Gasteiger partial charge on any atom is 0.435 e. The van der Waals surface area contributed by atoms with Gasteiger partial charge in [-0.25, -0.2) is 4.98 Å². The van der Waals surface area contributed by atoms with E-state index in [-0.39, 0.29) is 11.4 Å². The molecule has 0 aliphatic heterocycles. The van der Waals surface area contributed by atoms with Crippen LogP contribution in [0.3, 0.4) is 0 Å². The molecule has 10 heteroatoms. The molecule has 0 aliphatic rings. The molecule has 3 rings (SSSR count). The zero-order valence-electron chi connectivity index (χ0n) is 13.1. The number of alkyl halides is 3. The Balaban J connectivity index is 1.83. The van der Waals surface area contributed by atoms with Gasteiger partial charge in [-0.15, -0.1) is 0 Å². The van der Waals surface area contributed by atoms with Gasteiger partial charge in [0.2, 0.25) is 0 Å². The van der Waals surface area contributed by atoms with Crippen LogP contribution < -0.4 is 5.32 Å². The standard InChI is InChI=1S/C15H12F3N5OS/c1-8-4-3-5-19-12(8)13(24)21-11-7-20-14(25-11)9-6-10(15(16,17)18)22-23(9)2/h3-7H,1-2H3,(H,21,24). The molecule has 0 saturated carbocycles. The van der Waals surface area contributed by atoms with E-state index < -0.39 is 17.8 Å². The van der Waals surface area contributed by atoms with Crippen LogP contribution in [0.2, 0.25) is 0 Å². The smallest absolute Gasteiger partial charge is 0.311 e. The molecule has 0 saturated heterocycles. The van der Waals surface area contributed by atoms with E-state index in [1.807, 2.05) is 0 Å². The molecule has 25 heavy (non-hydrogen) atoms. The highest BCUT2D eigenvalue weighted by atomic mass is 32.1. The molecule has 0 atom stereocenters. The first kappa shape index (κ1) is 17.1. The number of thiazole rings is 1. The Hall–Kier alpha value is -2.75. The van der Waals surface area contributed by atoms with Crippen molar-refractivity contribution in [3.63, 3.8) is 0 Å². The third-order valence-electron chi connectivity index (χ3n) is 3.36. The van der Waals surface area contributed by atoms with Gasteiger partial charge < -0.3 is 5.32 Å². The number of pyridine rings is 1. The largest absolute Gasteiger partial charge is 0.435 e. The number of carbonyl (C=O) groups is 1. The predicted molar refractivity (Wildman–Crippen MR) is 86.2 cm³/mol. The molecule has 0 aromatic carbocycles. The molecule has 6 nitrogen and oxygen atoms in total. The fourth-order valence-corrected chi connectivity index (χ4v) is 3.01. The zero-order chi connectivity index (χ0) is 18.2. The number of nitrogens with one attached hydrogen (secondary N) is 1. The molecular weight excluding hydrogens is 355 g/mol. The normalized spacial score (nSPS) is 11.6. The molecule has 0 spiro atoms. The number of carbonyl (C=O) groups excluding carboxylic acids is 1. The van der Waals surface area contributed by atoms with E-state index >= 15 is 0 Å². The lowest BCUT2D eigenvalue weighted by atomic mass is 10.2. The Labute approximate surface area is 144 Å². The summed E-state index contributed by atoms with van der Waals surface area (Å²) < 4.78 is 39.3. The van der Waals surface area contributed by atoms with Crippen molar-refractivity contribution in [3.05, 3.63) is 47.5 Å². The van der Waals surface area contributed by atoms with Crippen molar-refractivity contribution < 1.29 is 18.0 Å². The van der Waals surface area contributed by atoms with Gasteiger partial charge >= 0.3 is 6.18 Å². The Morgan fingerprint density at radius 3 is 2.72 bits per heavy atom. The first-order valence-corrected chi connectivity index (χ1v) is 7.88. The summed E-state index contributed by atoms with van der Waals surface area (Å²) in [5.74, 6) is -0.408. The van der Waals surface area contributed by atoms with E-state index in [4.69, 9.17) is 0 Å². The highest BCUT2D eigenvalue weighted by Crippen LogP contribution is 2.34. The van der Waals surface area contributed by atoms with E-state index in [0.717, 1.165) is 22.1 Å². The first-order chi connectivity index (χ1) is 11.8. The van der Waals surface area contributed by atoms with E-state index in [1.165, 1.54) is 19.4 Å². The summed E-state index contributed by atoms with van der Waals surface area (Å²) >= 11 is 1.05. The second-order valence-electron chi connectivity index (χ2n) is 5.19. The van der Waals surface area contributed by atoms with Gasteiger partial charge in [0.25, 0.3) is 5.91 Å². The third-order valence-corrected chi connectivity index (χ3v) is 4.29. The molecule has 130 valence electrons. The lowest BCUT2D eigenvalue weighted by molar-refractivity contribution is -0.141. The highest BCUT2D eigenvalue weighted by Gasteiger charge is 2.35. The van der Waals surface area contributed by atoms with Gasteiger partial charge in [-0.05, 0) is 24.6 Å². The summed E-state index contributed by atoms with van der Waals surface area (Å²) in [6.45, 7) is 1.76. The number of anilines is 1. The molecule has 1 N–H and O–H groups in total. The molecule has 3 aromatic rings. The van der Waals surface area contributed by atoms with Crippen LogP contribution in [0.4, 0.5) is 18.2 Å². The van der Waals surface area contributed by atoms with Gasteiger partial charge in [-0.3, -0.25) is 14.5 Å². The maximum absolute atomic E-state index is 12.7. The second kappa shape index (κ2) is 6.28. The summed E-state index contributed by atoms with van der Waals surface area (Å²) in [6, 6.07) is 4.40. The molecule has 3 heterocycles. The van der Waals surface area contributed by atoms with Crippen LogP contribution >= 0.6 is 11.3 Å².